The van der Waals surface area contributed by atoms with Crippen molar-refractivity contribution in [2.24, 2.45) is 0 Å². The van der Waals surface area contributed by atoms with E-state index in [1.165, 1.54) is 5.56 Å². The molecule has 0 aliphatic heterocycles. The van der Waals surface area contributed by atoms with Crippen LogP contribution >= 0.6 is 31.9 Å². The van der Waals surface area contributed by atoms with Crippen LogP contribution in [0, 0.1) is 0 Å². The Kier molecular flexibility index (Phi) is 3.54. The van der Waals surface area contributed by atoms with Crippen LogP contribution in [0.1, 0.15) is 11.3 Å². The largest absolute Gasteiger partial charge is 0.261 e. The molecule has 1 aromatic heterocycles. The van der Waals surface area contributed by atoms with Gasteiger partial charge in [-0.05, 0) is 35.9 Å². The molecule has 0 fully saturated rings. The van der Waals surface area contributed by atoms with Crippen LogP contribution in [0.4, 0.5) is 0 Å². The summed E-state index contributed by atoms with van der Waals surface area (Å²) in [7, 11) is 0. The predicted molar refractivity (Wildman–Crippen MR) is 68.9 cm³/mol. The molecule has 0 N–H and O–H groups in total. The molecule has 2 rings (SSSR count). The van der Waals surface area contributed by atoms with Crippen molar-refractivity contribution in [3.05, 3.63) is 62.8 Å². The van der Waals surface area contributed by atoms with Crippen LogP contribution in [0.25, 0.3) is 0 Å². The zero-order valence-corrected chi connectivity index (χ0v) is 11.1. The van der Waals surface area contributed by atoms with Gasteiger partial charge in [-0.25, -0.2) is 0 Å². The van der Waals surface area contributed by atoms with Crippen molar-refractivity contribution in [1.82, 2.24) is 4.98 Å². The van der Waals surface area contributed by atoms with Gasteiger partial charge in [-0.2, -0.15) is 0 Å². The number of hydrogen-bond donors (Lipinski definition) is 0. The van der Waals surface area contributed by atoms with Gasteiger partial charge in [-0.1, -0.05) is 37.9 Å². The van der Waals surface area contributed by atoms with Gasteiger partial charge in [-0.15, -0.1) is 0 Å². The lowest BCUT2D eigenvalue weighted by Gasteiger charge is -2.04. The smallest absolute Gasteiger partial charge is 0.0447 e. The normalized spacial score (nSPS) is 10.3. The molecule has 15 heavy (non-hydrogen) atoms. The fourth-order valence-corrected chi connectivity index (χ4v) is 2.17. The summed E-state index contributed by atoms with van der Waals surface area (Å²) < 4.78 is 2.22. The number of hydrogen-bond acceptors (Lipinski definition) is 1. The molecule has 0 unspecified atom stereocenters. The summed E-state index contributed by atoms with van der Waals surface area (Å²) in [6, 6.07) is 12.1. The van der Waals surface area contributed by atoms with Gasteiger partial charge in [0.25, 0.3) is 0 Å². The summed E-state index contributed by atoms with van der Waals surface area (Å²) in [5, 5.41) is 0. The van der Waals surface area contributed by atoms with Gasteiger partial charge in [0.2, 0.25) is 0 Å². The second-order valence-corrected chi connectivity index (χ2v) is 5.00. The summed E-state index contributed by atoms with van der Waals surface area (Å²) in [5.74, 6) is 0. The molecule has 1 heterocycles. The van der Waals surface area contributed by atoms with Gasteiger partial charge >= 0.3 is 0 Å². The van der Waals surface area contributed by atoms with Gasteiger partial charge in [0.1, 0.15) is 0 Å². The molecule has 0 aliphatic rings. The predicted octanol–water partition coefficient (Wildman–Crippen LogP) is 4.20. The topological polar surface area (TPSA) is 12.9 Å². The lowest BCUT2D eigenvalue weighted by Crippen LogP contribution is -1.92. The van der Waals surface area contributed by atoms with E-state index in [0.29, 0.717) is 0 Å². The van der Waals surface area contributed by atoms with Gasteiger partial charge in [-0.3, -0.25) is 4.98 Å². The monoisotopic (exact) mass is 325 g/mol. The van der Waals surface area contributed by atoms with E-state index in [0.717, 1.165) is 21.1 Å². The lowest BCUT2D eigenvalue weighted by atomic mass is 10.1. The van der Waals surface area contributed by atoms with Gasteiger partial charge in [0, 0.05) is 27.3 Å². The van der Waals surface area contributed by atoms with E-state index in [2.05, 4.69) is 42.9 Å². The van der Waals surface area contributed by atoms with Gasteiger partial charge < -0.3 is 0 Å². The molecule has 76 valence electrons. The summed E-state index contributed by atoms with van der Waals surface area (Å²) in [6.07, 6.45) is 2.67. The zero-order chi connectivity index (χ0) is 10.7. The van der Waals surface area contributed by atoms with Crippen molar-refractivity contribution in [3.63, 3.8) is 0 Å². The van der Waals surface area contributed by atoms with E-state index >= 15 is 0 Å². The highest BCUT2D eigenvalue weighted by molar-refractivity contribution is 9.11. The van der Waals surface area contributed by atoms with Crippen molar-refractivity contribution in [2.75, 3.05) is 0 Å². The Labute approximate surface area is 106 Å². The Morgan fingerprint density at radius 2 is 1.93 bits per heavy atom. The lowest BCUT2D eigenvalue weighted by molar-refractivity contribution is 1.07. The highest BCUT2D eigenvalue weighted by atomic mass is 79.9. The summed E-state index contributed by atoms with van der Waals surface area (Å²) in [4.78, 5) is 4.31. The Morgan fingerprint density at radius 1 is 1.07 bits per heavy atom. The maximum Gasteiger partial charge on any atom is 0.0447 e. The van der Waals surface area contributed by atoms with E-state index < -0.39 is 0 Å². The minimum absolute atomic E-state index is 0.848. The molecule has 1 aromatic carbocycles. The minimum Gasteiger partial charge on any atom is -0.261 e. The van der Waals surface area contributed by atoms with Crippen molar-refractivity contribution >= 4 is 31.9 Å². The number of nitrogens with zero attached hydrogens (tertiary/aromatic N) is 1. The van der Waals surface area contributed by atoms with Crippen molar-refractivity contribution < 1.29 is 0 Å². The van der Waals surface area contributed by atoms with E-state index in [9.17, 15) is 0 Å². The Morgan fingerprint density at radius 3 is 2.67 bits per heavy atom. The molecule has 2 aromatic rings. The maximum atomic E-state index is 4.31. The summed E-state index contributed by atoms with van der Waals surface area (Å²) in [5.41, 5.74) is 2.32. The van der Waals surface area contributed by atoms with Crippen molar-refractivity contribution in [2.45, 2.75) is 6.42 Å². The second kappa shape index (κ2) is 4.90. The molecule has 3 heteroatoms. The molecule has 0 spiro atoms. The first-order valence-electron chi connectivity index (χ1n) is 4.59. The second-order valence-electron chi connectivity index (χ2n) is 3.23. The van der Waals surface area contributed by atoms with Gasteiger partial charge in [0.05, 0.1) is 0 Å². The molecule has 0 aliphatic carbocycles. The Bertz CT molecular complexity index is 454. The molecule has 0 atom stereocenters. The summed E-state index contributed by atoms with van der Waals surface area (Å²) >= 11 is 7.01. The highest BCUT2D eigenvalue weighted by Gasteiger charge is 2.02. The molecular formula is C12H9Br2N. The SMILES string of the molecule is Brc1ccc(Br)c(Cc2ccccn2)c1. The molecule has 0 amide bonds. The van der Waals surface area contributed by atoms with Crippen LogP contribution in [0.15, 0.2) is 51.5 Å². The van der Waals surface area contributed by atoms with E-state index in [-0.39, 0.29) is 0 Å². The van der Waals surface area contributed by atoms with E-state index in [1.54, 1.807) is 0 Å². The zero-order valence-electron chi connectivity index (χ0n) is 7.95. The first-order chi connectivity index (χ1) is 7.25. The molecule has 0 bridgehead atoms. The molecular weight excluding hydrogens is 318 g/mol. The van der Waals surface area contributed by atoms with Crippen LogP contribution in [0.3, 0.4) is 0 Å². The van der Waals surface area contributed by atoms with Crippen LogP contribution in [-0.4, -0.2) is 4.98 Å². The van der Waals surface area contributed by atoms with Crippen LogP contribution in [-0.2, 0) is 6.42 Å². The fraction of sp³-hybridized carbons (Fsp3) is 0.0833. The van der Waals surface area contributed by atoms with Crippen LogP contribution in [0.2, 0.25) is 0 Å². The van der Waals surface area contributed by atoms with E-state index in [4.69, 9.17) is 0 Å². The average molecular weight is 327 g/mol. The third-order valence-electron chi connectivity index (χ3n) is 2.11. The molecule has 0 radical (unpaired) electrons. The number of pyridine rings is 1. The quantitative estimate of drug-likeness (QED) is 0.806. The fourth-order valence-electron chi connectivity index (χ4n) is 1.38. The first-order valence-corrected chi connectivity index (χ1v) is 6.18. The standard InChI is InChI=1S/C12H9Br2N/c13-10-4-5-12(14)9(7-10)8-11-3-1-2-6-15-11/h1-7H,8H2. The Hall–Kier alpha value is -0.670. The maximum absolute atomic E-state index is 4.31. The number of benzene rings is 1. The molecule has 0 saturated carbocycles. The van der Waals surface area contributed by atoms with Gasteiger partial charge in [0.15, 0.2) is 0 Å². The first kappa shape index (κ1) is 10.8. The average Bonchev–Trinajstić information content (AvgIpc) is 2.25. The molecule has 0 saturated heterocycles. The number of halogens is 2. The third-order valence-corrected chi connectivity index (χ3v) is 3.37. The Balaban J connectivity index is 2.28. The van der Waals surface area contributed by atoms with Crippen LogP contribution in [0.5, 0.6) is 0 Å². The number of aromatic nitrogens is 1. The van der Waals surface area contributed by atoms with Crippen molar-refractivity contribution in [3.8, 4) is 0 Å². The van der Waals surface area contributed by atoms with E-state index in [1.807, 2.05) is 36.5 Å². The number of rotatable bonds is 2. The van der Waals surface area contributed by atoms with Crippen LogP contribution < -0.4 is 0 Å². The van der Waals surface area contributed by atoms with Crippen molar-refractivity contribution in [1.29, 1.82) is 0 Å². The summed E-state index contributed by atoms with van der Waals surface area (Å²) in [6.45, 7) is 0. The highest BCUT2D eigenvalue weighted by Crippen LogP contribution is 2.23. The minimum atomic E-state index is 0.848. The third kappa shape index (κ3) is 2.89. The molecule has 1 nitrogen and oxygen atoms in total.